The maximum absolute atomic E-state index is 12.6. The lowest BCUT2D eigenvalue weighted by atomic mass is 10.1. The molecule has 1 N–H and O–H groups in total. The maximum atomic E-state index is 12.6. The molecule has 0 atom stereocenters. The fourth-order valence-corrected chi connectivity index (χ4v) is 3.89. The second-order valence-electron chi connectivity index (χ2n) is 6.80. The molecule has 1 fully saturated rings. The molecule has 0 radical (unpaired) electrons. The number of carbonyl (C=O) groups excluding carboxylic acids is 2. The van der Waals surface area contributed by atoms with Crippen LogP contribution in [0.4, 0.5) is 11.4 Å². The lowest BCUT2D eigenvalue weighted by molar-refractivity contribution is -0.113. The van der Waals surface area contributed by atoms with Crippen molar-refractivity contribution in [1.82, 2.24) is 4.90 Å². The van der Waals surface area contributed by atoms with Gasteiger partial charge in [0.1, 0.15) is 0 Å². The van der Waals surface area contributed by atoms with Gasteiger partial charge in [-0.1, -0.05) is 11.6 Å². The van der Waals surface area contributed by atoms with Crippen molar-refractivity contribution in [3.05, 3.63) is 53.1 Å². The summed E-state index contributed by atoms with van der Waals surface area (Å²) in [4.78, 5) is 30.0. The van der Waals surface area contributed by atoms with E-state index >= 15 is 0 Å². The Bertz CT molecular complexity index is 868. The Morgan fingerprint density at radius 2 is 1.79 bits per heavy atom. The second-order valence-corrected chi connectivity index (χ2v) is 8.29. The van der Waals surface area contributed by atoms with Crippen molar-refractivity contribution < 1.29 is 14.3 Å². The first kappa shape index (κ1) is 21.5. The molecule has 2 aromatic carbocycles. The van der Waals surface area contributed by atoms with Crippen molar-refractivity contribution in [2.45, 2.75) is 4.90 Å². The number of esters is 1. The molecule has 1 aliphatic heterocycles. The molecule has 0 saturated carbocycles. The van der Waals surface area contributed by atoms with E-state index in [0.717, 1.165) is 36.8 Å². The minimum atomic E-state index is -0.430. The summed E-state index contributed by atoms with van der Waals surface area (Å²) in [6, 6.07) is 12.7. The molecule has 0 unspecified atom stereocenters. The first-order valence-corrected chi connectivity index (χ1v) is 10.7. The van der Waals surface area contributed by atoms with Crippen molar-refractivity contribution >= 4 is 46.6 Å². The van der Waals surface area contributed by atoms with Crippen LogP contribution in [-0.2, 0) is 9.53 Å². The molecule has 6 nitrogen and oxygen atoms in total. The molecule has 154 valence electrons. The van der Waals surface area contributed by atoms with Crippen LogP contribution in [0.1, 0.15) is 10.4 Å². The Hall–Kier alpha value is -2.22. The predicted octanol–water partition coefficient (Wildman–Crippen LogP) is 3.61. The number of thioether (sulfide) groups is 1. The number of piperazine rings is 1. The molecule has 1 amide bonds. The number of amides is 1. The number of carbonyl (C=O) groups is 2. The number of hydrogen-bond acceptors (Lipinski definition) is 6. The summed E-state index contributed by atoms with van der Waals surface area (Å²) in [5.74, 6) is -0.310. The summed E-state index contributed by atoms with van der Waals surface area (Å²) < 4.78 is 4.82. The van der Waals surface area contributed by atoms with Gasteiger partial charge in [0.15, 0.2) is 0 Å². The number of benzene rings is 2. The summed E-state index contributed by atoms with van der Waals surface area (Å²) in [6.45, 7) is 3.60. The van der Waals surface area contributed by atoms with E-state index in [4.69, 9.17) is 16.3 Å². The van der Waals surface area contributed by atoms with Crippen LogP contribution in [0.15, 0.2) is 47.4 Å². The van der Waals surface area contributed by atoms with Gasteiger partial charge < -0.3 is 19.9 Å². The summed E-state index contributed by atoms with van der Waals surface area (Å²) in [6.07, 6.45) is 0. The van der Waals surface area contributed by atoms with Gasteiger partial charge in [-0.15, -0.1) is 11.8 Å². The van der Waals surface area contributed by atoms with Crippen LogP contribution in [0.5, 0.6) is 0 Å². The van der Waals surface area contributed by atoms with Gasteiger partial charge in [-0.05, 0) is 49.5 Å². The lowest BCUT2D eigenvalue weighted by Crippen LogP contribution is -2.44. The maximum Gasteiger partial charge on any atom is 0.337 e. The van der Waals surface area contributed by atoms with E-state index in [1.165, 1.54) is 18.9 Å². The standard InChI is InChI=1S/C21H24ClN3O3S/c1-24-9-11-25(12-10-24)19-8-3-15(21(27)28-2)13-18(19)23-20(26)14-29-17-6-4-16(22)5-7-17/h3-8,13H,9-12,14H2,1-2H3,(H,23,26). The number of rotatable bonds is 6. The zero-order chi connectivity index (χ0) is 20.8. The number of nitrogens with zero attached hydrogens (tertiary/aromatic N) is 2. The molecular formula is C21H24ClN3O3S. The number of anilines is 2. The van der Waals surface area contributed by atoms with E-state index in [1.54, 1.807) is 24.3 Å². The molecule has 0 bridgehead atoms. The summed E-state index contributed by atoms with van der Waals surface area (Å²) in [5, 5.41) is 3.63. The van der Waals surface area contributed by atoms with E-state index < -0.39 is 5.97 Å². The van der Waals surface area contributed by atoms with Crippen LogP contribution in [0.2, 0.25) is 5.02 Å². The van der Waals surface area contributed by atoms with Crippen molar-refractivity contribution in [1.29, 1.82) is 0 Å². The highest BCUT2D eigenvalue weighted by atomic mass is 35.5. The van der Waals surface area contributed by atoms with E-state index in [1.807, 2.05) is 18.2 Å². The normalized spacial score (nSPS) is 14.5. The SMILES string of the molecule is COC(=O)c1ccc(N2CCN(C)CC2)c(NC(=O)CSc2ccc(Cl)cc2)c1. The second kappa shape index (κ2) is 10.0. The zero-order valence-corrected chi connectivity index (χ0v) is 18.1. The van der Waals surface area contributed by atoms with E-state index in [2.05, 4.69) is 22.2 Å². The number of methoxy groups -OCH3 is 1. The highest BCUT2D eigenvalue weighted by molar-refractivity contribution is 8.00. The molecule has 0 aliphatic carbocycles. The first-order chi connectivity index (χ1) is 14.0. The highest BCUT2D eigenvalue weighted by Crippen LogP contribution is 2.29. The van der Waals surface area contributed by atoms with E-state index in [0.29, 0.717) is 16.3 Å². The molecule has 0 aromatic heterocycles. The monoisotopic (exact) mass is 433 g/mol. The van der Waals surface area contributed by atoms with Crippen LogP contribution in [0.3, 0.4) is 0 Å². The fraction of sp³-hybridized carbons (Fsp3) is 0.333. The summed E-state index contributed by atoms with van der Waals surface area (Å²) in [7, 11) is 3.44. The smallest absolute Gasteiger partial charge is 0.337 e. The predicted molar refractivity (Wildman–Crippen MR) is 118 cm³/mol. The van der Waals surface area contributed by atoms with Gasteiger partial charge in [0.05, 0.1) is 29.8 Å². The van der Waals surface area contributed by atoms with Crippen molar-refractivity contribution in [3.8, 4) is 0 Å². The third kappa shape index (κ3) is 5.88. The van der Waals surface area contributed by atoms with Gasteiger partial charge in [-0.3, -0.25) is 4.79 Å². The van der Waals surface area contributed by atoms with Crippen molar-refractivity contribution in [2.75, 3.05) is 56.3 Å². The Kier molecular flexibility index (Phi) is 7.41. The molecule has 8 heteroatoms. The molecule has 1 saturated heterocycles. The number of hydrogen-bond donors (Lipinski definition) is 1. The molecule has 3 rings (SSSR count). The average Bonchev–Trinajstić information content (AvgIpc) is 2.73. The van der Waals surface area contributed by atoms with Crippen LogP contribution in [-0.4, -0.2) is 62.9 Å². The van der Waals surface area contributed by atoms with Gasteiger partial charge in [0, 0.05) is 36.1 Å². The first-order valence-electron chi connectivity index (χ1n) is 9.30. The number of halogens is 1. The van der Waals surface area contributed by atoms with Crippen LogP contribution < -0.4 is 10.2 Å². The van der Waals surface area contributed by atoms with Crippen LogP contribution >= 0.6 is 23.4 Å². The Labute approximate surface area is 180 Å². The zero-order valence-electron chi connectivity index (χ0n) is 16.5. The average molecular weight is 434 g/mol. The van der Waals surface area contributed by atoms with Crippen molar-refractivity contribution in [3.63, 3.8) is 0 Å². The van der Waals surface area contributed by atoms with E-state index in [-0.39, 0.29) is 11.7 Å². The molecule has 29 heavy (non-hydrogen) atoms. The molecule has 1 aliphatic rings. The quantitative estimate of drug-likeness (QED) is 0.554. The van der Waals surface area contributed by atoms with Gasteiger partial charge in [-0.2, -0.15) is 0 Å². The summed E-state index contributed by atoms with van der Waals surface area (Å²) in [5.41, 5.74) is 1.95. The number of nitrogens with one attached hydrogen (secondary N) is 1. The minimum absolute atomic E-state index is 0.137. The number of likely N-dealkylation sites (N-methyl/N-ethyl adjacent to an activating group) is 1. The molecule has 2 aromatic rings. The molecule has 0 spiro atoms. The molecule has 1 heterocycles. The highest BCUT2D eigenvalue weighted by Gasteiger charge is 2.20. The van der Waals surface area contributed by atoms with E-state index in [9.17, 15) is 9.59 Å². The van der Waals surface area contributed by atoms with Crippen LogP contribution in [0, 0.1) is 0 Å². The third-order valence-electron chi connectivity index (χ3n) is 4.72. The fourth-order valence-electron chi connectivity index (χ4n) is 3.07. The Balaban J connectivity index is 1.74. The molecular weight excluding hydrogens is 410 g/mol. The lowest BCUT2D eigenvalue weighted by Gasteiger charge is -2.35. The third-order valence-corrected chi connectivity index (χ3v) is 5.98. The topological polar surface area (TPSA) is 61.9 Å². The van der Waals surface area contributed by atoms with Gasteiger partial charge in [0.25, 0.3) is 0 Å². The largest absolute Gasteiger partial charge is 0.465 e. The minimum Gasteiger partial charge on any atom is -0.465 e. The van der Waals surface area contributed by atoms with Crippen molar-refractivity contribution in [2.24, 2.45) is 0 Å². The summed E-state index contributed by atoms with van der Waals surface area (Å²) >= 11 is 7.33. The van der Waals surface area contributed by atoms with Gasteiger partial charge in [0.2, 0.25) is 5.91 Å². The van der Waals surface area contributed by atoms with Gasteiger partial charge >= 0.3 is 5.97 Å². The van der Waals surface area contributed by atoms with Crippen LogP contribution in [0.25, 0.3) is 0 Å². The Morgan fingerprint density at radius 1 is 1.10 bits per heavy atom. The Morgan fingerprint density at radius 3 is 2.45 bits per heavy atom. The number of ether oxygens (including phenoxy) is 1. The van der Waals surface area contributed by atoms with Gasteiger partial charge in [-0.25, -0.2) is 4.79 Å².